The van der Waals surface area contributed by atoms with E-state index in [2.05, 4.69) is 15.4 Å². The molecule has 7 heteroatoms. The fourth-order valence-corrected chi connectivity index (χ4v) is 2.59. The van der Waals surface area contributed by atoms with Crippen molar-refractivity contribution in [1.29, 1.82) is 0 Å². The van der Waals surface area contributed by atoms with Crippen LogP contribution in [0.3, 0.4) is 0 Å². The Balaban J connectivity index is 2.38. The van der Waals surface area contributed by atoms with Crippen molar-refractivity contribution in [3.8, 4) is 17.1 Å². The molecule has 0 aliphatic rings. The number of amides is 1. The summed E-state index contributed by atoms with van der Waals surface area (Å²) in [6.45, 7) is 6.11. The number of benzene rings is 1. The molecule has 1 heterocycles. The molecule has 1 atom stereocenters. The van der Waals surface area contributed by atoms with E-state index in [0.717, 1.165) is 12.0 Å². The lowest BCUT2D eigenvalue weighted by Gasteiger charge is -2.12. The second-order valence-corrected chi connectivity index (χ2v) is 5.78. The monoisotopic (exact) mass is 345 g/mol. The number of carbonyl (C=O) groups is 1. The highest BCUT2D eigenvalue weighted by Gasteiger charge is 2.23. The minimum atomic E-state index is -0.467. The number of carbonyl (C=O) groups excluding carboxylic acids is 1. The van der Waals surface area contributed by atoms with Crippen LogP contribution in [-0.2, 0) is 11.8 Å². The van der Waals surface area contributed by atoms with Crippen LogP contribution in [0.1, 0.15) is 45.3 Å². The van der Waals surface area contributed by atoms with Gasteiger partial charge in [0.15, 0.2) is 5.69 Å². The van der Waals surface area contributed by atoms with E-state index in [1.807, 2.05) is 38.1 Å². The summed E-state index contributed by atoms with van der Waals surface area (Å²) in [7, 11) is 1.75. The van der Waals surface area contributed by atoms with Crippen LogP contribution in [0.5, 0.6) is 5.75 Å². The number of aromatic nitrogens is 3. The molecule has 0 aliphatic heterocycles. The van der Waals surface area contributed by atoms with Gasteiger partial charge in [-0.2, -0.15) is 0 Å². The molecule has 2 rings (SSSR count). The van der Waals surface area contributed by atoms with Gasteiger partial charge >= 0.3 is 11.4 Å². The molecule has 2 aromatic rings. The fraction of sp³-hybridized carbons (Fsp3) is 0.444. The standard InChI is InChI=1S/C18H24N4O3/c1-5-9-15(23)19-12(3)16-18(24)20-17(22(4)21-16)13-10-7-8-11-14(13)25-6-2/h7-8,10-12H,5-6,9H2,1-4H3,(H,19,23)/p+1. The Kier molecular flexibility index (Phi) is 6.27. The van der Waals surface area contributed by atoms with Crippen molar-refractivity contribution in [2.45, 2.75) is 39.7 Å². The van der Waals surface area contributed by atoms with Gasteiger partial charge in [0.1, 0.15) is 18.4 Å². The number of para-hydroxylation sites is 1. The molecule has 0 aliphatic carbocycles. The molecule has 0 saturated carbocycles. The van der Waals surface area contributed by atoms with E-state index < -0.39 is 6.04 Å². The smallest absolute Gasteiger partial charge is 0.359 e. The number of nitrogens with one attached hydrogen (secondary N) is 2. The number of hydrogen-bond donors (Lipinski definition) is 2. The molecular formula is C18H25N4O3+. The van der Waals surface area contributed by atoms with Crippen LogP contribution in [-0.4, -0.2) is 22.6 Å². The van der Waals surface area contributed by atoms with Gasteiger partial charge in [0, 0.05) is 6.42 Å². The highest BCUT2D eigenvalue weighted by molar-refractivity contribution is 5.76. The summed E-state index contributed by atoms with van der Waals surface area (Å²) < 4.78 is 7.22. The van der Waals surface area contributed by atoms with Crippen LogP contribution in [0.2, 0.25) is 0 Å². The summed E-state index contributed by atoms with van der Waals surface area (Å²) in [6, 6.07) is 6.99. The summed E-state index contributed by atoms with van der Waals surface area (Å²) >= 11 is 0. The molecule has 134 valence electrons. The van der Waals surface area contributed by atoms with Crippen LogP contribution < -0.4 is 20.3 Å². The van der Waals surface area contributed by atoms with E-state index in [1.165, 1.54) is 0 Å². The quantitative estimate of drug-likeness (QED) is 0.747. The van der Waals surface area contributed by atoms with Crippen molar-refractivity contribution in [1.82, 2.24) is 15.4 Å². The lowest BCUT2D eigenvalue weighted by molar-refractivity contribution is -0.723. The van der Waals surface area contributed by atoms with Gasteiger partial charge < -0.3 is 10.1 Å². The topological polar surface area (TPSA) is 88.0 Å². The molecule has 1 aromatic heterocycles. The Labute approximate surface area is 147 Å². The highest BCUT2D eigenvalue weighted by atomic mass is 16.5. The van der Waals surface area contributed by atoms with Crippen molar-refractivity contribution in [3.05, 3.63) is 40.3 Å². The van der Waals surface area contributed by atoms with Crippen LogP contribution >= 0.6 is 0 Å². The first kappa shape index (κ1) is 18.6. The van der Waals surface area contributed by atoms with Crippen molar-refractivity contribution < 1.29 is 14.2 Å². The zero-order valence-corrected chi connectivity index (χ0v) is 15.1. The van der Waals surface area contributed by atoms with E-state index in [-0.39, 0.29) is 17.2 Å². The van der Waals surface area contributed by atoms with Gasteiger partial charge in [0.05, 0.1) is 12.6 Å². The van der Waals surface area contributed by atoms with E-state index in [4.69, 9.17) is 4.74 Å². The number of aromatic amines is 1. The predicted octanol–water partition coefficient (Wildman–Crippen LogP) is 1.64. The summed E-state index contributed by atoms with van der Waals surface area (Å²) in [5, 5.41) is 7.16. The molecule has 25 heavy (non-hydrogen) atoms. The number of nitrogens with zero attached hydrogens (tertiary/aromatic N) is 2. The van der Waals surface area contributed by atoms with Crippen molar-refractivity contribution in [3.63, 3.8) is 0 Å². The molecule has 1 amide bonds. The first-order valence-electron chi connectivity index (χ1n) is 8.50. The van der Waals surface area contributed by atoms with Gasteiger partial charge in [-0.05, 0) is 32.4 Å². The van der Waals surface area contributed by atoms with Gasteiger partial charge in [-0.1, -0.05) is 24.2 Å². The van der Waals surface area contributed by atoms with Crippen LogP contribution in [0.15, 0.2) is 29.1 Å². The molecule has 7 nitrogen and oxygen atoms in total. The van der Waals surface area contributed by atoms with E-state index >= 15 is 0 Å². The molecule has 0 saturated heterocycles. The minimum Gasteiger partial charge on any atom is -0.493 e. The molecule has 0 spiro atoms. The molecule has 1 aromatic carbocycles. The first-order valence-corrected chi connectivity index (χ1v) is 8.50. The summed E-state index contributed by atoms with van der Waals surface area (Å²) in [5.41, 5.74) is 0.693. The number of ether oxygens (including phenoxy) is 1. The summed E-state index contributed by atoms with van der Waals surface area (Å²) in [6.07, 6.45) is 1.18. The predicted molar refractivity (Wildman–Crippen MR) is 94.1 cm³/mol. The zero-order chi connectivity index (χ0) is 18.4. The van der Waals surface area contributed by atoms with Gasteiger partial charge in [-0.3, -0.25) is 4.79 Å². The molecule has 0 fully saturated rings. The van der Waals surface area contributed by atoms with E-state index in [1.54, 1.807) is 18.7 Å². The average Bonchev–Trinajstić information content (AvgIpc) is 2.57. The SMILES string of the molecule is CCCC(=O)NC(C)c1n[n+](C)c(-c2ccccc2OCC)[nH]c1=O. The Bertz CT molecular complexity index is 801. The van der Waals surface area contributed by atoms with Crippen molar-refractivity contribution in [2.24, 2.45) is 7.05 Å². The Morgan fingerprint density at radius 3 is 2.76 bits per heavy atom. The van der Waals surface area contributed by atoms with Crippen LogP contribution in [0.4, 0.5) is 0 Å². The first-order chi connectivity index (χ1) is 12.0. The van der Waals surface area contributed by atoms with E-state index in [9.17, 15) is 9.59 Å². The molecule has 1 unspecified atom stereocenters. The normalized spacial score (nSPS) is 11.8. The van der Waals surface area contributed by atoms with Crippen molar-refractivity contribution in [2.75, 3.05) is 6.61 Å². The van der Waals surface area contributed by atoms with Gasteiger partial charge in [0.2, 0.25) is 5.91 Å². The fourth-order valence-electron chi connectivity index (χ4n) is 2.59. The number of hydrogen-bond acceptors (Lipinski definition) is 4. The van der Waals surface area contributed by atoms with Crippen LogP contribution in [0.25, 0.3) is 11.4 Å². The summed E-state index contributed by atoms with van der Waals surface area (Å²) in [5.74, 6) is 1.13. The zero-order valence-electron chi connectivity index (χ0n) is 15.1. The van der Waals surface area contributed by atoms with Gasteiger partial charge in [0.25, 0.3) is 0 Å². The maximum absolute atomic E-state index is 12.5. The maximum atomic E-state index is 12.5. The number of rotatable bonds is 7. The van der Waals surface area contributed by atoms with Gasteiger partial charge in [-0.25, -0.2) is 9.78 Å². The number of aryl methyl sites for hydroxylation is 1. The third kappa shape index (κ3) is 4.43. The molecule has 0 bridgehead atoms. The van der Waals surface area contributed by atoms with Crippen molar-refractivity contribution >= 4 is 5.91 Å². The second kappa shape index (κ2) is 8.41. The largest absolute Gasteiger partial charge is 0.493 e. The Hall–Kier alpha value is -2.70. The van der Waals surface area contributed by atoms with Crippen LogP contribution in [0, 0.1) is 0 Å². The minimum absolute atomic E-state index is 0.0929. The number of H-pyrrole nitrogens is 1. The third-order valence-corrected chi connectivity index (χ3v) is 3.75. The van der Waals surface area contributed by atoms with E-state index in [0.29, 0.717) is 24.6 Å². The average molecular weight is 345 g/mol. The summed E-state index contributed by atoms with van der Waals surface area (Å²) in [4.78, 5) is 27.1. The molecule has 0 radical (unpaired) electrons. The highest BCUT2D eigenvalue weighted by Crippen LogP contribution is 2.25. The Morgan fingerprint density at radius 2 is 2.08 bits per heavy atom. The maximum Gasteiger partial charge on any atom is 0.359 e. The molecular weight excluding hydrogens is 320 g/mol. The second-order valence-electron chi connectivity index (χ2n) is 5.78. The Morgan fingerprint density at radius 1 is 1.36 bits per heavy atom. The third-order valence-electron chi connectivity index (χ3n) is 3.75. The van der Waals surface area contributed by atoms with Gasteiger partial charge in [-0.15, -0.1) is 4.68 Å². The molecule has 2 N–H and O–H groups in total. The lowest BCUT2D eigenvalue weighted by Crippen LogP contribution is -2.44. The lowest BCUT2D eigenvalue weighted by atomic mass is 10.2.